The third-order valence-corrected chi connectivity index (χ3v) is 5.02. The van der Waals surface area contributed by atoms with Crippen LogP contribution in [0.2, 0.25) is 5.02 Å². The SMILES string of the molecule is CCOc1cccc(-c2noc(C3CC(=O)N(c4ccc(C)cc4Cl)C3)n2)c1. The van der Waals surface area contributed by atoms with Crippen molar-refractivity contribution in [1.82, 2.24) is 10.1 Å². The van der Waals surface area contributed by atoms with Gasteiger partial charge in [0.05, 0.1) is 23.2 Å². The summed E-state index contributed by atoms with van der Waals surface area (Å²) in [5.41, 5.74) is 2.57. The van der Waals surface area contributed by atoms with Crippen LogP contribution in [0.15, 0.2) is 47.0 Å². The van der Waals surface area contributed by atoms with Gasteiger partial charge in [0.2, 0.25) is 17.6 Å². The van der Waals surface area contributed by atoms with Crippen molar-refractivity contribution >= 4 is 23.2 Å². The van der Waals surface area contributed by atoms with Crippen molar-refractivity contribution in [1.29, 1.82) is 0 Å². The predicted molar refractivity (Wildman–Crippen MR) is 107 cm³/mol. The van der Waals surface area contributed by atoms with Crippen molar-refractivity contribution < 1.29 is 14.1 Å². The molecule has 1 unspecified atom stereocenters. The molecule has 0 radical (unpaired) electrons. The number of anilines is 1. The third-order valence-electron chi connectivity index (χ3n) is 4.71. The summed E-state index contributed by atoms with van der Waals surface area (Å²) in [4.78, 5) is 18.8. The Morgan fingerprint density at radius 3 is 2.93 bits per heavy atom. The number of nitrogens with zero attached hydrogens (tertiary/aromatic N) is 3. The molecular weight excluding hydrogens is 378 g/mol. The lowest BCUT2D eigenvalue weighted by atomic mass is 10.1. The largest absolute Gasteiger partial charge is 0.494 e. The average molecular weight is 398 g/mol. The topological polar surface area (TPSA) is 68.5 Å². The highest BCUT2D eigenvalue weighted by molar-refractivity contribution is 6.34. The molecule has 6 nitrogen and oxygen atoms in total. The smallest absolute Gasteiger partial charge is 0.232 e. The number of hydrogen-bond donors (Lipinski definition) is 0. The van der Waals surface area contributed by atoms with Crippen LogP contribution in [0.4, 0.5) is 5.69 Å². The Bertz CT molecular complexity index is 1020. The number of aryl methyl sites for hydroxylation is 1. The first kappa shape index (κ1) is 18.5. The maximum Gasteiger partial charge on any atom is 0.232 e. The minimum atomic E-state index is -0.166. The van der Waals surface area contributed by atoms with Gasteiger partial charge >= 0.3 is 0 Å². The lowest BCUT2D eigenvalue weighted by molar-refractivity contribution is -0.117. The normalized spacial score (nSPS) is 16.6. The molecule has 0 saturated carbocycles. The van der Waals surface area contributed by atoms with Crippen LogP contribution in [0.1, 0.15) is 30.7 Å². The van der Waals surface area contributed by atoms with E-state index in [4.69, 9.17) is 20.9 Å². The van der Waals surface area contributed by atoms with Crippen molar-refractivity contribution in [2.24, 2.45) is 0 Å². The van der Waals surface area contributed by atoms with Crippen molar-refractivity contribution in [3.05, 3.63) is 58.9 Å². The van der Waals surface area contributed by atoms with Crippen LogP contribution in [0.5, 0.6) is 5.75 Å². The minimum Gasteiger partial charge on any atom is -0.494 e. The van der Waals surface area contributed by atoms with Gasteiger partial charge in [-0.1, -0.05) is 35.0 Å². The zero-order valence-corrected chi connectivity index (χ0v) is 16.4. The van der Waals surface area contributed by atoms with Gasteiger partial charge in [-0.25, -0.2) is 0 Å². The van der Waals surface area contributed by atoms with Gasteiger partial charge in [-0.15, -0.1) is 0 Å². The van der Waals surface area contributed by atoms with Crippen molar-refractivity contribution in [2.45, 2.75) is 26.2 Å². The number of carbonyl (C=O) groups excluding carboxylic acids is 1. The maximum atomic E-state index is 12.5. The van der Waals surface area contributed by atoms with E-state index in [1.807, 2.05) is 56.3 Å². The van der Waals surface area contributed by atoms with Gasteiger partial charge in [0.1, 0.15) is 5.75 Å². The molecule has 1 aromatic heterocycles. The molecule has 1 aliphatic rings. The van der Waals surface area contributed by atoms with E-state index < -0.39 is 0 Å². The van der Waals surface area contributed by atoms with Crippen LogP contribution in [0.3, 0.4) is 0 Å². The molecule has 1 fully saturated rings. The van der Waals surface area contributed by atoms with Crippen molar-refractivity contribution in [3.63, 3.8) is 0 Å². The number of halogens is 1. The van der Waals surface area contributed by atoms with Gasteiger partial charge in [0.15, 0.2) is 0 Å². The van der Waals surface area contributed by atoms with E-state index in [9.17, 15) is 4.79 Å². The van der Waals surface area contributed by atoms with Gasteiger partial charge in [-0.2, -0.15) is 4.98 Å². The summed E-state index contributed by atoms with van der Waals surface area (Å²) in [6.07, 6.45) is 0.310. The fourth-order valence-electron chi connectivity index (χ4n) is 3.35. The number of hydrogen-bond acceptors (Lipinski definition) is 5. The summed E-state index contributed by atoms with van der Waals surface area (Å²) in [7, 11) is 0. The Morgan fingerprint density at radius 1 is 1.29 bits per heavy atom. The van der Waals surface area contributed by atoms with E-state index in [1.54, 1.807) is 4.90 Å². The van der Waals surface area contributed by atoms with E-state index in [-0.39, 0.29) is 11.8 Å². The number of aromatic nitrogens is 2. The monoisotopic (exact) mass is 397 g/mol. The van der Waals surface area contributed by atoms with Crippen molar-refractivity contribution in [2.75, 3.05) is 18.1 Å². The van der Waals surface area contributed by atoms with E-state index in [0.29, 0.717) is 42.0 Å². The highest BCUT2D eigenvalue weighted by Crippen LogP contribution is 2.35. The highest BCUT2D eigenvalue weighted by Gasteiger charge is 2.36. The fraction of sp³-hybridized carbons (Fsp3) is 0.286. The third kappa shape index (κ3) is 3.60. The molecule has 1 amide bonds. The second kappa shape index (κ2) is 7.64. The van der Waals surface area contributed by atoms with Crippen LogP contribution in [-0.2, 0) is 4.79 Å². The second-order valence-corrected chi connectivity index (χ2v) is 7.18. The Morgan fingerprint density at radius 2 is 2.14 bits per heavy atom. The van der Waals surface area contributed by atoms with Crippen LogP contribution in [-0.4, -0.2) is 29.2 Å². The Labute approximate surface area is 168 Å². The first-order valence-electron chi connectivity index (χ1n) is 9.18. The quantitative estimate of drug-likeness (QED) is 0.628. The van der Waals surface area contributed by atoms with E-state index in [1.165, 1.54) is 0 Å². The summed E-state index contributed by atoms with van der Waals surface area (Å²) in [6.45, 7) is 4.94. The number of amides is 1. The Hall–Kier alpha value is -2.86. The molecule has 2 heterocycles. The second-order valence-electron chi connectivity index (χ2n) is 6.78. The first-order valence-corrected chi connectivity index (χ1v) is 9.56. The Balaban J connectivity index is 1.55. The summed E-state index contributed by atoms with van der Waals surface area (Å²) < 4.78 is 11.0. The number of rotatable bonds is 5. The molecule has 4 rings (SSSR count). The molecule has 1 atom stereocenters. The van der Waals surface area contributed by atoms with Gasteiger partial charge in [0, 0.05) is 18.5 Å². The van der Waals surface area contributed by atoms with Gasteiger partial charge < -0.3 is 14.2 Å². The number of benzene rings is 2. The molecule has 28 heavy (non-hydrogen) atoms. The van der Waals surface area contributed by atoms with E-state index in [2.05, 4.69) is 10.1 Å². The molecule has 2 aromatic carbocycles. The van der Waals surface area contributed by atoms with Crippen LogP contribution in [0.25, 0.3) is 11.4 Å². The lowest BCUT2D eigenvalue weighted by Gasteiger charge is -2.18. The average Bonchev–Trinajstić information content (AvgIpc) is 3.30. The highest BCUT2D eigenvalue weighted by atomic mass is 35.5. The molecule has 0 spiro atoms. The molecule has 1 saturated heterocycles. The summed E-state index contributed by atoms with van der Waals surface area (Å²) in [6, 6.07) is 13.2. The van der Waals surface area contributed by atoms with Gasteiger partial charge in [-0.05, 0) is 43.7 Å². The van der Waals surface area contributed by atoms with Gasteiger partial charge in [0.25, 0.3) is 0 Å². The maximum absolute atomic E-state index is 12.5. The van der Waals surface area contributed by atoms with E-state index in [0.717, 1.165) is 16.9 Å². The number of carbonyl (C=O) groups is 1. The standard InChI is InChI=1S/C21H20ClN3O3/c1-3-27-16-6-4-5-14(10-16)20-23-21(28-24-20)15-11-19(26)25(12-15)18-8-7-13(2)9-17(18)22/h4-10,15H,3,11-12H2,1-2H3. The Kier molecular flexibility index (Phi) is 5.05. The molecule has 3 aromatic rings. The van der Waals surface area contributed by atoms with Crippen LogP contribution < -0.4 is 9.64 Å². The minimum absolute atomic E-state index is 0.00570. The van der Waals surface area contributed by atoms with Gasteiger partial charge in [-0.3, -0.25) is 4.79 Å². The number of ether oxygens (including phenoxy) is 1. The zero-order chi connectivity index (χ0) is 19.7. The molecule has 1 aliphatic heterocycles. The molecular formula is C21H20ClN3O3. The lowest BCUT2D eigenvalue weighted by Crippen LogP contribution is -2.24. The summed E-state index contributed by atoms with van der Waals surface area (Å²) in [5, 5.41) is 4.65. The first-order chi connectivity index (χ1) is 13.5. The molecule has 0 aliphatic carbocycles. The van der Waals surface area contributed by atoms with Crippen molar-refractivity contribution in [3.8, 4) is 17.1 Å². The summed E-state index contributed by atoms with van der Waals surface area (Å²) in [5.74, 6) is 1.52. The molecule has 7 heteroatoms. The molecule has 0 bridgehead atoms. The molecule has 144 valence electrons. The van der Waals surface area contributed by atoms with E-state index >= 15 is 0 Å². The predicted octanol–water partition coefficient (Wildman–Crippen LogP) is 4.62. The fourth-order valence-corrected chi connectivity index (χ4v) is 3.68. The van der Waals surface area contributed by atoms with Crippen LogP contribution >= 0.6 is 11.6 Å². The van der Waals surface area contributed by atoms with Crippen LogP contribution in [0, 0.1) is 6.92 Å². The molecule has 0 N–H and O–H groups in total. The summed E-state index contributed by atoms with van der Waals surface area (Å²) >= 11 is 6.34. The zero-order valence-electron chi connectivity index (χ0n) is 15.7.